The zero-order valence-corrected chi connectivity index (χ0v) is 21.6. The van der Waals surface area contributed by atoms with E-state index in [0.29, 0.717) is 36.9 Å². The molecule has 0 amide bonds. The van der Waals surface area contributed by atoms with Crippen LogP contribution in [0, 0.1) is 0 Å². The van der Waals surface area contributed by atoms with Gasteiger partial charge in [-0.05, 0) is 43.7 Å². The summed E-state index contributed by atoms with van der Waals surface area (Å²) < 4.78 is 68.7. The molecule has 2 aromatic heterocycles. The van der Waals surface area contributed by atoms with E-state index in [-0.39, 0.29) is 23.7 Å². The molecule has 2 aromatic carbocycles. The molecule has 4 aromatic rings. The van der Waals surface area contributed by atoms with E-state index in [2.05, 4.69) is 14.8 Å². The van der Waals surface area contributed by atoms with Crippen LogP contribution in [-0.2, 0) is 34.5 Å². The Bertz CT molecular complexity index is 1540. The molecule has 0 aliphatic heterocycles. The monoisotopic (exact) mass is 563 g/mol. The summed E-state index contributed by atoms with van der Waals surface area (Å²) in [6.07, 6.45) is -2.88. The molecular weight excluding hydrogens is 538 g/mol. The Morgan fingerprint density at radius 3 is 2.41 bits per heavy atom. The molecule has 39 heavy (non-hydrogen) atoms. The van der Waals surface area contributed by atoms with Gasteiger partial charge in [-0.25, -0.2) is 4.57 Å². The molecule has 2 heterocycles. The molecule has 0 bridgehead atoms. The molecule has 0 saturated heterocycles. The Morgan fingerprint density at radius 2 is 1.72 bits per heavy atom. The van der Waals surface area contributed by atoms with E-state index in [1.807, 2.05) is 18.2 Å². The SMILES string of the molecule is CC(N)(CCc1ccc2c(c1)CCc1c-2noc1-c1noc(-c2ccccc2)c1C(F)(F)F)COP(=O)(O)O. The number of halogens is 3. The molecule has 206 valence electrons. The van der Waals surface area contributed by atoms with Gasteiger partial charge in [0, 0.05) is 22.2 Å². The summed E-state index contributed by atoms with van der Waals surface area (Å²) in [7, 11) is -4.62. The molecule has 9 nitrogen and oxygen atoms in total. The van der Waals surface area contributed by atoms with Gasteiger partial charge in [0.2, 0.25) is 0 Å². The Kier molecular flexibility index (Phi) is 7.02. The highest BCUT2D eigenvalue weighted by molar-refractivity contribution is 7.46. The summed E-state index contributed by atoms with van der Waals surface area (Å²) in [5.74, 6) is -0.455. The van der Waals surface area contributed by atoms with Crippen molar-refractivity contribution in [1.29, 1.82) is 0 Å². The molecule has 1 unspecified atom stereocenters. The van der Waals surface area contributed by atoms with Crippen LogP contribution in [0.15, 0.2) is 57.6 Å². The number of hydrogen-bond donors (Lipinski definition) is 3. The average Bonchev–Trinajstić information content (AvgIpc) is 3.51. The minimum atomic E-state index is -4.74. The minimum absolute atomic E-state index is 0.0677. The lowest BCUT2D eigenvalue weighted by atomic mass is 9.86. The second-order valence-electron chi connectivity index (χ2n) is 9.85. The Hall–Kier alpha value is -3.28. The fourth-order valence-corrected chi connectivity index (χ4v) is 5.13. The van der Waals surface area contributed by atoms with E-state index < -0.39 is 30.8 Å². The first-order valence-electron chi connectivity index (χ1n) is 12.0. The van der Waals surface area contributed by atoms with Gasteiger partial charge in [0.1, 0.15) is 11.3 Å². The number of rotatable bonds is 8. The highest BCUT2D eigenvalue weighted by atomic mass is 31.2. The van der Waals surface area contributed by atoms with Crippen LogP contribution in [0.5, 0.6) is 0 Å². The lowest BCUT2D eigenvalue weighted by molar-refractivity contribution is -0.136. The summed E-state index contributed by atoms with van der Waals surface area (Å²) in [5, 5.41) is 7.86. The first-order valence-corrected chi connectivity index (χ1v) is 13.6. The van der Waals surface area contributed by atoms with E-state index in [1.54, 1.807) is 25.1 Å². The van der Waals surface area contributed by atoms with Gasteiger partial charge in [-0.2, -0.15) is 13.2 Å². The van der Waals surface area contributed by atoms with Crippen molar-refractivity contribution in [2.45, 2.75) is 44.3 Å². The molecule has 5 rings (SSSR count). The van der Waals surface area contributed by atoms with Crippen molar-refractivity contribution in [3.63, 3.8) is 0 Å². The van der Waals surface area contributed by atoms with Crippen LogP contribution in [0.3, 0.4) is 0 Å². The largest absolute Gasteiger partial charge is 0.469 e. The number of nitrogens with two attached hydrogens (primary N) is 1. The first kappa shape index (κ1) is 27.3. The Labute approximate surface area is 221 Å². The fourth-order valence-electron chi connectivity index (χ4n) is 4.67. The predicted octanol–water partition coefficient (Wildman–Crippen LogP) is 5.54. The van der Waals surface area contributed by atoms with Crippen LogP contribution in [-0.4, -0.2) is 32.2 Å². The van der Waals surface area contributed by atoms with Gasteiger partial charge in [0.05, 0.1) is 6.61 Å². The van der Waals surface area contributed by atoms with Crippen LogP contribution in [0.2, 0.25) is 0 Å². The molecular formula is C26H25F3N3O6P. The van der Waals surface area contributed by atoms with E-state index in [1.165, 1.54) is 12.1 Å². The summed E-state index contributed by atoms with van der Waals surface area (Å²) in [6, 6.07) is 13.6. The van der Waals surface area contributed by atoms with Crippen LogP contribution >= 0.6 is 7.82 Å². The van der Waals surface area contributed by atoms with Gasteiger partial charge >= 0.3 is 14.0 Å². The molecule has 1 aliphatic carbocycles. The second kappa shape index (κ2) is 10.0. The molecule has 4 N–H and O–H groups in total. The second-order valence-corrected chi connectivity index (χ2v) is 11.1. The number of phosphoric acid groups is 1. The van der Waals surface area contributed by atoms with E-state index >= 15 is 0 Å². The van der Waals surface area contributed by atoms with Crippen molar-refractivity contribution >= 4 is 7.82 Å². The van der Waals surface area contributed by atoms with Crippen molar-refractivity contribution in [2.75, 3.05) is 6.61 Å². The molecule has 13 heteroatoms. The van der Waals surface area contributed by atoms with E-state index in [9.17, 15) is 17.7 Å². The van der Waals surface area contributed by atoms with Gasteiger partial charge in [-0.3, -0.25) is 4.52 Å². The minimum Gasteiger partial charge on any atom is -0.355 e. The maximum Gasteiger partial charge on any atom is 0.469 e. The molecule has 0 saturated carbocycles. The van der Waals surface area contributed by atoms with Crippen molar-refractivity contribution < 1.29 is 41.1 Å². The number of aromatic nitrogens is 2. The molecule has 0 radical (unpaired) electrons. The lowest BCUT2D eigenvalue weighted by Crippen LogP contribution is -2.41. The summed E-state index contributed by atoms with van der Waals surface area (Å²) in [5.41, 5.74) is 7.58. The maximum atomic E-state index is 14.2. The van der Waals surface area contributed by atoms with Crippen LogP contribution < -0.4 is 5.73 Å². The number of aryl methyl sites for hydroxylation is 2. The Morgan fingerprint density at radius 1 is 1.03 bits per heavy atom. The first-order chi connectivity index (χ1) is 18.3. The summed E-state index contributed by atoms with van der Waals surface area (Å²) >= 11 is 0. The zero-order chi connectivity index (χ0) is 28.0. The molecule has 1 aliphatic rings. The third-order valence-electron chi connectivity index (χ3n) is 6.63. The molecule has 0 spiro atoms. The molecule has 0 fully saturated rings. The molecule has 1 atom stereocenters. The van der Waals surface area contributed by atoms with Gasteiger partial charge in [0.25, 0.3) is 0 Å². The van der Waals surface area contributed by atoms with Crippen LogP contribution in [0.4, 0.5) is 13.2 Å². The quantitative estimate of drug-likeness (QED) is 0.235. The van der Waals surface area contributed by atoms with Gasteiger partial charge < -0.3 is 24.6 Å². The van der Waals surface area contributed by atoms with E-state index in [4.69, 9.17) is 24.6 Å². The maximum absolute atomic E-state index is 14.2. The number of alkyl halides is 3. The average molecular weight is 563 g/mol. The van der Waals surface area contributed by atoms with Crippen molar-refractivity contribution in [1.82, 2.24) is 10.3 Å². The number of benzene rings is 2. The van der Waals surface area contributed by atoms with Crippen molar-refractivity contribution in [3.8, 4) is 34.0 Å². The van der Waals surface area contributed by atoms with Gasteiger partial charge in [0.15, 0.2) is 17.2 Å². The van der Waals surface area contributed by atoms with Gasteiger partial charge in [-0.15, -0.1) is 0 Å². The highest BCUT2D eigenvalue weighted by Crippen LogP contribution is 2.46. The standard InChI is InChI=1S/C26H25F3N3O6P/c1-25(30,14-36-39(33,34)35)12-11-15-7-9-18-17(13-15)8-10-19-21(18)31-38-24(19)22-20(26(27,28)29)23(37-32-22)16-5-3-2-4-6-16/h2-7,9,13H,8,10-12,14,30H2,1H3,(H2,33,34,35). The topological polar surface area (TPSA) is 145 Å². The van der Waals surface area contributed by atoms with Crippen LogP contribution in [0.25, 0.3) is 34.0 Å². The van der Waals surface area contributed by atoms with Crippen LogP contribution in [0.1, 0.15) is 35.6 Å². The predicted molar refractivity (Wildman–Crippen MR) is 134 cm³/mol. The van der Waals surface area contributed by atoms with E-state index in [0.717, 1.165) is 16.7 Å². The smallest absolute Gasteiger partial charge is 0.355 e. The number of hydrogen-bond acceptors (Lipinski definition) is 7. The van der Waals surface area contributed by atoms with Crippen molar-refractivity contribution in [2.24, 2.45) is 5.73 Å². The normalized spacial score (nSPS) is 15.1. The zero-order valence-electron chi connectivity index (χ0n) is 20.7. The third kappa shape index (κ3) is 5.85. The number of nitrogens with zero attached hydrogens (tertiary/aromatic N) is 2. The third-order valence-corrected chi connectivity index (χ3v) is 7.10. The highest BCUT2D eigenvalue weighted by Gasteiger charge is 2.43. The number of fused-ring (bicyclic) bond motifs is 3. The van der Waals surface area contributed by atoms with Gasteiger partial charge in [-0.1, -0.05) is 58.8 Å². The summed E-state index contributed by atoms with van der Waals surface area (Å²) in [4.78, 5) is 17.8. The summed E-state index contributed by atoms with van der Waals surface area (Å²) in [6.45, 7) is 1.34. The fraction of sp³-hybridized carbons (Fsp3) is 0.308. The number of phosphoric ester groups is 1. The Balaban J connectivity index is 1.42. The van der Waals surface area contributed by atoms with Crippen molar-refractivity contribution in [3.05, 3.63) is 70.8 Å². The lowest BCUT2D eigenvalue weighted by Gasteiger charge is -2.25.